The third-order valence-electron chi connectivity index (χ3n) is 3.10. The first kappa shape index (κ1) is 12.7. The minimum atomic E-state index is 0.110. The van der Waals surface area contributed by atoms with Crippen LogP contribution in [-0.2, 0) is 4.74 Å². The summed E-state index contributed by atoms with van der Waals surface area (Å²) >= 11 is 4.17. The second-order valence-electron chi connectivity index (χ2n) is 4.09. The smallest absolute Gasteiger partial charge is 0.143 e. The van der Waals surface area contributed by atoms with Crippen LogP contribution < -0.4 is 5.73 Å². The van der Waals surface area contributed by atoms with Crippen molar-refractivity contribution in [1.29, 1.82) is 10.5 Å². The maximum Gasteiger partial charge on any atom is 0.143 e. The van der Waals surface area contributed by atoms with E-state index in [1.54, 1.807) is 0 Å². The van der Waals surface area contributed by atoms with Crippen LogP contribution in [0.2, 0.25) is 0 Å². The number of nitrogen functional groups attached to an aromatic ring is 1. The second-order valence-corrected chi connectivity index (χ2v) is 4.52. The maximum absolute atomic E-state index is 9.22. The van der Waals surface area contributed by atoms with E-state index in [0.717, 1.165) is 12.8 Å². The van der Waals surface area contributed by atoms with Crippen LogP contribution in [0.1, 0.15) is 35.4 Å². The summed E-state index contributed by atoms with van der Waals surface area (Å²) < 4.78 is 5.30. The van der Waals surface area contributed by atoms with Crippen molar-refractivity contribution in [2.75, 3.05) is 18.9 Å². The number of rotatable bonds is 1. The molecule has 1 aliphatic heterocycles. The highest BCUT2D eigenvalue weighted by Crippen LogP contribution is 2.35. The fraction of sp³-hybridized carbons (Fsp3) is 0.417. The zero-order valence-corrected chi connectivity index (χ0v) is 10.6. The van der Waals surface area contributed by atoms with Gasteiger partial charge in [-0.1, -0.05) is 0 Å². The topological polar surface area (TPSA) is 95.7 Å². The van der Waals surface area contributed by atoms with Crippen molar-refractivity contribution in [3.63, 3.8) is 0 Å². The van der Waals surface area contributed by atoms with Crippen molar-refractivity contribution >= 4 is 18.4 Å². The molecule has 0 aliphatic carbocycles. The Labute approximate surface area is 111 Å². The average Bonchev–Trinajstić information content (AvgIpc) is 2.39. The predicted octanol–water partition coefficient (Wildman–Crippen LogP) is 1.59. The lowest BCUT2D eigenvalue weighted by Crippen LogP contribution is -2.17. The van der Waals surface area contributed by atoms with Gasteiger partial charge in [-0.15, -0.1) is 12.6 Å². The van der Waals surface area contributed by atoms with Crippen LogP contribution in [0.5, 0.6) is 0 Å². The number of nitriles is 2. The Morgan fingerprint density at radius 2 is 1.83 bits per heavy atom. The number of hydrogen-bond donors (Lipinski definition) is 2. The second kappa shape index (κ2) is 5.26. The Balaban J connectivity index is 2.62. The molecule has 2 N–H and O–H groups in total. The van der Waals surface area contributed by atoms with Crippen molar-refractivity contribution < 1.29 is 4.74 Å². The molecule has 6 heteroatoms. The van der Waals surface area contributed by atoms with Crippen LogP contribution in [0.25, 0.3) is 0 Å². The number of pyridine rings is 1. The Morgan fingerprint density at radius 1 is 1.22 bits per heavy atom. The van der Waals surface area contributed by atoms with E-state index >= 15 is 0 Å². The van der Waals surface area contributed by atoms with Gasteiger partial charge in [0.1, 0.15) is 23.0 Å². The SMILES string of the molecule is N#Cc1c(N)nc(S)c(C#N)c1C1CCOCC1. The molecule has 1 aromatic heterocycles. The number of nitrogens with two attached hydrogens (primary N) is 1. The van der Waals surface area contributed by atoms with Crippen LogP contribution in [0, 0.1) is 22.7 Å². The molecule has 2 heterocycles. The highest BCUT2D eigenvalue weighted by atomic mass is 32.1. The first-order valence-electron chi connectivity index (χ1n) is 5.59. The molecule has 18 heavy (non-hydrogen) atoms. The van der Waals surface area contributed by atoms with Gasteiger partial charge in [-0.05, 0) is 24.3 Å². The van der Waals surface area contributed by atoms with E-state index in [1.807, 2.05) is 6.07 Å². The van der Waals surface area contributed by atoms with Crippen molar-refractivity contribution in [3.05, 3.63) is 16.7 Å². The van der Waals surface area contributed by atoms with E-state index in [2.05, 4.69) is 23.7 Å². The van der Waals surface area contributed by atoms with Gasteiger partial charge in [-0.2, -0.15) is 10.5 Å². The van der Waals surface area contributed by atoms with E-state index in [0.29, 0.717) is 29.9 Å². The summed E-state index contributed by atoms with van der Waals surface area (Å²) in [5.41, 5.74) is 7.08. The number of nitrogens with zero attached hydrogens (tertiary/aromatic N) is 3. The van der Waals surface area contributed by atoms with E-state index in [4.69, 9.17) is 10.5 Å². The summed E-state index contributed by atoms with van der Waals surface area (Å²) in [6.45, 7) is 1.26. The molecule has 0 radical (unpaired) electrons. The summed E-state index contributed by atoms with van der Waals surface area (Å²) in [4.78, 5) is 3.94. The monoisotopic (exact) mass is 260 g/mol. The number of ether oxygens (including phenoxy) is 1. The van der Waals surface area contributed by atoms with Crippen molar-refractivity contribution in [3.8, 4) is 12.1 Å². The molecule has 0 amide bonds. The summed E-state index contributed by atoms with van der Waals surface area (Å²) in [6, 6.07) is 4.13. The predicted molar refractivity (Wildman–Crippen MR) is 68.1 cm³/mol. The average molecular weight is 260 g/mol. The third kappa shape index (κ3) is 2.13. The number of hydrogen-bond acceptors (Lipinski definition) is 6. The molecular formula is C12H12N4OS. The van der Waals surface area contributed by atoms with Crippen LogP contribution in [0.4, 0.5) is 5.82 Å². The lowest BCUT2D eigenvalue weighted by molar-refractivity contribution is 0.0852. The van der Waals surface area contributed by atoms with Gasteiger partial charge in [0.2, 0.25) is 0 Å². The molecule has 1 aliphatic rings. The van der Waals surface area contributed by atoms with Gasteiger partial charge >= 0.3 is 0 Å². The lowest BCUT2D eigenvalue weighted by atomic mass is 9.86. The molecular weight excluding hydrogens is 248 g/mol. The Hall–Kier alpha value is -1.76. The highest BCUT2D eigenvalue weighted by Gasteiger charge is 2.26. The van der Waals surface area contributed by atoms with Gasteiger partial charge in [-0.3, -0.25) is 0 Å². The lowest BCUT2D eigenvalue weighted by Gasteiger charge is -2.24. The van der Waals surface area contributed by atoms with Gasteiger partial charge in [0.15, 0.2) is 0 Å². The first-order chi connectivity index (χ1) is 8.69. The fourth-order valence-electron chi connectivity index (χ4n) is 2.23. The van der Waals surface area contributed by atoms with Crippen LogP contribution in [-0.4, -0.2) is 18.2 Å². The van der Waals surface area contributed by atoms with Gasteiger partial charge in [0, 0.05) is 13.2 Å². The summed E-state index contributed by atoms with van der Waals surface area (Å²) in [6.07, 6.45) is 1.56. The molecule has 92 valence electrons. The molecule has 1 aromatic rings. The normalized spacial score (nSPS) is 15.9. The van der Waals surface area contributed by atoms with Gasteiger partial charge in [0.05, 0.1) is 11.1 Å². The van der Waals surface area contributed by atoms with Crippen LogP contribution in [0.15, 0.2) is 5.03 Å². The van der Waals surface area contributed by atoms with Crippen LogP contribution >= 0.6 is 12.6 Å². The molecule has 0 saturated carbocycles. The van der Waals surface area contributed by atoms with E-state index in [-0.39, 0.29) is 16.8 Å². The van der Waals surface area contributed by atoms with Crippen molar-refractivity contribution in [1.82, 2.24) is 4.98 Å². The summed E-state index contributed by atoms with van der Waals surface area (Å²) in [7, 11) is 0. The largest absolute Gasteiger partial charge is 0.383 e. The Bertz CT molecular complexity index is 514. The van der Waals surface area contributed by atoms with E-state index < -0.39 is 0 Å². The molecule has 2 rings (SSSR count). The van der Waals surface area contributed by atoms with Gasteiger partial charge in [-0.25, -0.2) is 4.98 Å². The quantitative estimate of drug-likeness (QED) is 0.747. The van der Waals surface area contributed by atoms with E-state index in [1.165, 1.54) is 0 Å². The molecule has 1 fully saturated rings. The minimum Gasteiger partial charge on any atom is -0.383 e. The number of anilines is 1. The number of thiol groups is 1. The van der Waals surface area contributed by atoms with Crippen LogP contribution in [0.3, 0.4) is 0 Å². The Morgan fingerprint density at radius 3 is 2.39 bits per heavy atom. The molecule has 1 saturated heterocycles. The number of aromatic nitrogens is 1. The third-order valence-corrected chi connectivity index (χ3v) is 3.42. The summed E-state index contributed by atoms with van der Waals surface area (Å²) in [5, 5.41) is 18.7. The van der Waals surface area contributed by atoms with E-state index in [9.17, 15) is 10.5 Å². The molecule has 5 nitrogen and oxygen atoms in total. The zero-order chi connectivity index (χ0) is 13.1. The molecule has 0 spiro atoms. The minimum absolute atomic E-state index is 0.110. The summed E-state index contributed by atoms with van der Waals surface area (Å²) in [5.74, 6) is 0.252. The maximum atomic E-state index is 9.22. The highest BCUT2D eigenvalue weighted by molar-refractivity contribution is 7.80. The van der Waals surface area contributed by atoms with Gasteiger partial charge < -0.3 is 10.5 Å². The fourth-order valence-corrected chi connectivity index (χ4v) is 2.51. The van der Waals surface area contributed by atoms with Gasteiger partial charge in [0.25, 0.3) is 0 Å². The molecule has 0 atom stereocenters. The molecule has 0 aromatic carbocycles. The van der Waals surface area contributed by atoms with Crippen molar-refractivity contribution in [2.24, 2.45) is 0 Å². The molecule has 0 unspecified atom stereocenters. The zero-order valence-electron chi connectivity index (χ0n) is 9.68. The first-order valence-corrected chi connectivity index (χ1v) is 6.04. The van der Waals surface area contributed by atoms with Crippen molar-refractivity contribution in [2.45, 2.75) is 23.8 Å². The Kier molecular flexibility index (Phi) is 3.71. The standard InChI is InChI=1S/C12H12N4OS/c13-5-8-10(7-1-3-17-4-2-7)9(6-14)12(18)16-11(8)15/h7H,1-4H2,(H3,15,16,18). The molecule has 0 bridgehead atoms.